The monoisotopic (exact) mass is 328 g/mol. The van der Waals surface area contributed by atoms with Crippen molar-refractivity contribution in [3.63, 3.8) is 0 Å². The van der Waals surface area contributed by atoms with Crippen LogP contribution in [0.25, 0.3) is 0 Å². The maximum atomic E-state index is 12.2. The molecule has 1 amide bonds. The summed E-state index contributed by atoms with van der Waals surface area (Å²) >= 11 is 1.84. The number of hydrogen-bond acceptors (Lipinski definition) is 3. The van der Waals surface area contributed by atoms with Gasteiger partial charge in [-0.3, -0.25) is 9.69 Å². The molecule has 1 N–H and O–H groups in total. The zero-order chi connectivity index (χ0) is 16.1. The molecule has 0 spiro atoms. The number of aryl methyl sites for hydroxylation is 1. The molecule has 1 atom stereocenters. The van der Waals surface area contributed by atoms with Crippen LogP contribution < -0.4 is 5.32 Å². The van der Waals surface area contributed by atoms with Crippen LogP contribution in [-0.4, -0.2) is 30.4 Å². The molecule has 1 aliphatic rings. The minimum Gasteiger partial charge on any atom is -0.355 e. The summed E-state index contributed by atoms with van der Waals surface area (Å²) in [4.78, 5) is 15.9. The van der Waals surface area contributed by atoms with Crippen LogP contribution in [0.4, 0.5) is 0 Å². The van der Waals surface area contributed by atoms with Crippen molar-refractivity contribution in [3.8, 4) is 0 Å². The fourth-order valence-electron chi connectivity index (χ4n) is 3.18. The molecular weight excluding hydrogens is 304 g/mol. The van der Waals surface area contributed by atoms with Crippen molar-refractivity contribution in [3.05, 3.63) is 57.8 Å². The number of hydrogen-bond donors (Lipinski definition) is 1. The van der Waals surface area contributed by atoms with Gasteiger partial charge >= 0.3 is 0 Å². The van der Waals surface area contributed by atoms with E-state index in [1.54, 1.807) is 0 Å². The van der Waals surface area contributed by atoms with Crippen molar-refractivity contribution >= 4 is 17.2 Å². The van der Waals surface area contributed by atoms with E-state index in [2.05, 4.69) is 52.9 Å². The summed E-state index contributed by atoms with van der Waals surface area (Å²) in [7, 11) is 0. The predicted octanol–water partition coefficient (Wildman–Crippen LogP) is 3.42. The molecule has 1 aromatic carbocycles. The van der Waals surface area contributed by atoms with Crippen LogP contribution in [0.3, 0.4) is 0 Å². The number of nitrogens with one attached hydrogen (secondary N) is 1. The van der Waals surface area contributed by atoms with Gasteiger partial charge < -0.3 is 5.32 Å². The van der Waals surface area contributed by atoms with Crippen molar-refractivity contribution in [2.75, 3.05) is 19.6 Å². The molecule has 3 rings (SSSR count). The van der Waals surface area contributed by atoms with Crippen LogP contribution in [0.1, 0.15) is 35.4 Å². The first-order chi connectivity index (χ1) is 11.2. The molecule has 4 heteroatoms. The Morgan fingerprint density at radius 1 is 1.30 bits per heavy atom. The Kier molecular flexibility index (Phi) is 5.47. The van der Waals surface area contributed by atoms with Gasteiger partial charge in [-0.05, 0) is 48.8 Å². The fraction of sp³-hybridized carbons (Fsp3) is 0.421. The minimum absolute atomic E-state index is 0.142. The third kappa shape index (κ3) is 4.21. The van der Waals surface area contributed by atoms with E-state index in [1.165, 1.54) is 16.0 Å². The lowest BCUT2D eigenvalue weighted by atomic mass is 10.0. The smallest absolute Gasteiger partial charge is 0.234 e. The van der Waals surface area contributed by atoms with Gasteiger partial charge in [0, 0.05) is 24.0 Å². The van der Waals surface area contributed by atoms with Gasteiger partial charge in [0.05, 0.1) is 6.54 Å². The van der Waals surface area contributed by atoms with Crippen molar-refractivity contribution < 1.29 is 4.79 Å². The molecule has 0 saturated heterocycles. The van der Waals surface area contributed by atoms with Gasteiger partial charge in [-0.25, -0.2) is 0 Å². The van der Waals surface area contributed by atoms with E-state index in [4.69, 9.17) is 0 Å². The van der Waals surface area contributed by atoms with E-state index in [0.717, 1.165) is 32.4 Å². The minimum atomic E-state index is 0.142. The van der Waals surface area contributed by atoms with E-state index in [-0.39, 0.29) is 5.91 Å². The Labute approximate surface area is 142 Å². The Bertz CT molecular complexity index is 638. The van der Waals surface area contributed by atoms with Crippen LogP contribution in [-0.2, 0) is 17.6 Å². The SMILES string of the molecule is C[C@@H]1c2ccsc2CCN1CC(=O)NCCCc1ccccc1. The number of amides is 1. The molecule has 1 aromatic heterocycles. The van der Waals surface area contributed by atoms with Gasteiger partial charge in [-0.2, -0.15) is 0 Å². The molecule has 23 heavy (non-hydrogen) atoms. The number of carbonyl (C=O) groups is 1. The van der Waals surface area contributed by atoms with Gasteiger partial charge in [-0.1, -0.05) is 30.3 Å². The van der Waals surface area contributed by atoms with Gasteiger partial charge in [0.1, 0.15) is 0 Å². The lowest BCUT2D eigenvalue weighted by molar-refractivity contribution is -0.122. The average molecular weight is 328 g/mol. The van der Waals surface area contributed by atoms with Crippen molar-refractivity contribution in [1.29, 1.82) is 0 Å². The highest BCUT2D eigenvalue weighted by molar-refractivity contribution is 7.10. The molecule has 0 aliphatic carbocycles. The molecule has 0 saturated carbocycles. The predicted molar refractivity (Wildman–Crippen MR) is 95.8 cm³/mol. The Morgan fingerprint density at radius 2 is 2.13 bits per heavy atom. The quantitative estimate of drug-likeness (QED) is 0.824. The molecule has 0 bridgehead atoms. The number of fused-ring (bicyclic) bond motifs is 1. The summed E-state index contributed by atoms with van der Waals surface area (Å²) in [5.74, 6) is 0.142. The zero-order valence-corrected chi connectivity index (χ0v) is 14.4. The van der Waals surface area contributed by atoms with Crippen LogP contribution >= 0.6 is 11.3 Å². The second-order valence-electron chi connectivity index (χ2n) is 6.13. The number of benzene rings is 1. The number of rotatable bonds is 6. The van der Waals surface area contributed by atoms with Crippen molar-refractivity contribution in [2.24, 2.45) is 0 Å². The van der Waals surface area contributed by atoms with Crippen LogP contribution in [0.5, 0.6) is 0 Å². The Morgan fingerprint density at radius 3 is 2.96 bits per heavy atom. The van der Waals surface area contributed by atoms with Gasteiger partial charge in [0.15, 0.2) is 0 Å². The average Bonchev–Trinajstić information content (AvgIpc) is 3.05. The molecule has 1 aliphatic heterocycles. The van der Waals surface area contributed by atoms with Crippen LogP contribution in [0.15, 0.2) is 41.8 Å². The lowest BCUT2D eigenvalue weighted by Gasteiger charge is -2.32. The molecule has 2 aromatic rings. The van der Waals surface area contributed by atoms with Crippen molar-refractivity contribution in [1.82, 2.24) is 10.2 Å². The summed E-state index contributed by atoms with van der Waals surface area (Å²) in [6.45, 7) is 4.43. The summed E-state index contributed by atoms with van der Waals surface area (Å²) in [5, 5.41) is 5.22. The van der Waals surface area contributed by atoms with E-state index < -0.39 is 0 Å². The summed E-state index contributed by atoms with van der Waals surface area (Å²) in [5.41, 5.74) is 2.73. The summed E-state index contributed by atoms with van der Waals surface area (Å²) in [6.07, 6.45) is 3.07. The molecule has 0 unspecified atom stereocenters. The Balaban J connectivity index is 1.40. The van der Waals surface area contributed by atoms with Crippen LogP contribution in [0, 0.1) is 0 Å². The van der Waals surface area contributed by atoms with E-state index in [9.17, 15) is 4.79 Å². The highest BCUT2D eigenvalue weighted by Crippen LogP contribution is 2.32. The standard InChI is InChI=1S/C19H24N2OS/c1-15-17-10-13-23-18(17)9-12-21(15)14-19(22)20-11-5-8-16-6-3-2-4-7-16/h2-4,6-7,10,13,15H,5,8-9,11-12,14H2,1H3,(H,20,22)/t15-/m1/s1. The molecule has 0 radical (unpaired) electrons. The topological polar surface area (TPSA) is 32.3 Å². The molecular formula is C19H24N2OS. The second-order valence-corrected chi connectivity index (χ2v) is 7.14. The summed E-state index contributed by atoms with van der Waals surface area (Å²) < 4.78 is 0. The lowest BCUT2D eigenvalue weighted by Crippen LogP contribution is -2.41. The Hall–Kier alpha value is -1.65. The maximum absolute atomic E-state index is 12.2. The van der Waals surface area contributed by atoms with Crippen molar-refractivity contribution in [2.45, 2.75) is 32.2 Å². The largest absolute Gasteiger partial charge is 0.355 e. The number of nitrogens with zero attached hydrogens (tertiary/aromatic N) is 1. The number of thiophene rings is 1. The molecule has 3 nitrogen and oxygen atoms in total. The van der Waals surface area contributed by atoms with E-state index in [0.29, 0.717) is 12.6 Å². The van der Waals surface area contributed by atoms with Crippen LogP contribution in [0.2, 0.25) is 0 Å². The number of carbonyl (C=O) groups excluding carboxylic acids is 1. The third-order valence-corrected chi connectivity index (χ3v) is 5.55. The second kappa shape index (κ2) is 7.75. The van der Waals surface area contributed by atoms with Gasteiger partial charge in [-0.15, -0.1) is 11.3 Å². The van der Waals surface area contributed by atoms with Gasteiger partial charge in [0.25, 0.3) is 0 Å². The fourth-order valence-corrected chi connectivity index (χ4v) is 4.15. The van der Waals surface area contributed by atoms with E-state index in [1.807, 2.05) is 17.4 Å². The van der Waals surface area contributed by atoms with E-state index >= 15 is 0 Å². The highest BCUT2D eigenvalue weighted by atomic mass is 32.1. The first-order valence-electron chi connectivity index (χ1n) is 8.35. The molecule has 0 fully saturated rings. The normalized spacial score (nSPS) is 17.7. The first kappa shape index (κ1) is 16.2. The first-order valence-corrected chi connectivity index (χ1v) is 9.23. The zero-order valence-electron chi connectivity index (χ0n) is 13.6. The van der Waals surface area contributed by atoms with Gasteiger partial charge in [0.2, 0.25) is 5.91 Å². The molecule has 122 valence electrons. The maximum Gasteiger partial charge on any atom is 0.234 e. The molecule has 2 heterocycles. The third-order valence-electron chi connectivity index (χ3n) is 4.56. The summed E-state index contributed by atoms with van der Waals surface area (Å²) in [6, 6.07) is 13.0. The highest BCUT2D eigenvalue weighted by Gasteiger charge is 2.25.